The summed E-state index contributed by atoms with van der Waals surface area (Å²) >= 11 is 5.66. The average molecular weight is 490 g/mol. The molecule has 0 bridgehead atoms. The van der Waals surface area contributed by atoms with Gasteiger partial charge >= 0.3 is 0 Å². The summed E-state index contributed by atoms with van der Waals surface area (Å²) < 4.78 is 7.48. The number of aromatic nitrogens is 4. The minimum Gasteiger partial charge on any atom is -0.492 e. The van der Waals surface area contributed by atoms with Crippen molar-refractivity contribution < 1.29 is 9.53 Å². The molecule has 0 aliphatic heterocycles. The smallest absolute Gasteiger partial charge is 0.248 e. The Morgan fingerprint density at radius 3 is 2.80 bits per heavy atom. The number of halogens is 1. The third kappa shape index (κ3) is 4.88. The Kier molecular flexibility index (Phi) is 7.13. The molecule has 2 N–H and O–H groups in total. The van der Waals surface area contributed by atoms with Crippen molar-refractivity contribution in [2.75, 3.05) is 23.1 Å². The second kappa shape index (κ2) is 10.4. The highest BCUT2D eigenvalue weighted by Crippen LogP contribution is 2.37. The maximum absolute atomic E-state index is 12.4. The highest BCUT2D eigenvalue weighted by Gasteiger charge is 2.18. The van der Waals surface area contributed by atoms with Gasteiger partial charge in [0, 0.05) is 36.1 Å². The number of hydrogen-bond acceptors (Lipinski definition) is 7. The Balaban J connectivity index is 1.89. The zero-order chi connectivity index (χ0) is 24.9. The molecule has 4 rings (SSSR count). The summed E-state index contributed by atoms with van der Waals surface area (Å²) in [5, 5.41) is 25.1. The van der Waals surface area contributed by atoms with E-state index in [9.17, 15) is 10.1 Å². The third-order valence-electron chi connectivity index (χ3n) is 5.40. The molecular formula is C25H24ClN7O2. The number of amides is 1. The van der Waals surface area contributed by atoms with E-state index in [1.54, 1.807) is 22.9 Å². The molecule has 1 amide bonds. The number of anilines is 3. The maximum atomic E-state index is 12.4. The SMILES string of the molecule is CCOc1cc2nc(CC)c(C#N)c(Nc3ccc4c(c3)nnn4C)c2cc1NC(=O)/C=C/CCl. The number of ether oxygens (including phenoxy) is 1. The number of pyridine rings is 1. The van der Waals surface area contributed by atoms with E-state index < -0.39 is 0 Å². The van der Waals surface area contributed by atoms with Crippen molar-refractivity contribution in [3.8, 4) is 11.8 Å². The maximum Gasteiger partial charge on any atom is 0.248 e. The Bertz CT molecular complexity index is 1490. The van der Waals surface area contributed by atoms with Crippen LogP contribution in [0.4, 0.5) is 17.1 Å². The van der Waals surface area contributed by atoms with Gasteiger partial charge in [-0.3, -0.25) is 9.78 Å². The third-order valence-corrected chi connectivity index (χ3v) is 5.58. The summed E-state index contributed by atoms with van der Waals surface area (Å²) in [5.41, 5.74) is 5.15. The molecule has 0 spiro atoms. The number of nitrogens with zero attached hydrogens (tertiary/aromatic N) is 5. The van der Waals surface area contributed by atoms with Crippen LogP contribution in [0, 0.1) is 11.3 Å². The minimum absolute atomic E-state index is 0.225. The minimum atomic E-state index is -0.341. The quantitative estimate of drug-likeness (QED) is 0.269. The monoisotopic (exact) mass is 489 g/mol. The lowest BCUT2D eigenvalue weighted by Gasteiger charge is -2.17. The normalized spacial score (nSPS) is 11.2. The predicted molar refractivity (Wildman–Crippen MR) is 137 cm³/mol. The van der Waals surface area contributed by atoms with Gasteiger partial charge in [0.25, 0.3) is 0 Å². The van der Waals surface area contributed by atoms with Crippen molar-refractivity contribution in [2.45, 2.75) is 20.3 Å². The number of fused-ring (bicyclic) bond motifs is 2. The molecule has 35 heavy (non-hydrogen) atoms. The number of benzene rings is 2. The van der Waals surface area contributed by atoms with E-state index in [-0.39, 0.29) is 11.8 Å². The first-order chi connectivity index (χ1) is 17.0. The number of hydrogen-bond donors (Lipinski definition) is 2. The van der Waals surface area contributed by atoms with Gasteiger partial charge in [0.2, 0.25) is 5.91 Å². The zero-order valence-electron chi connectivity index (χ0n) is 19.6. The number of rotatable bonds is 8. The van der Waals surface area contributed by atoms with Crippen molar-refractivity contribution in [2.24, 2.45) is 7.05 Å². The molecule has 178 valence electrons. The lowest BCUT2D eigenvalue weighted by Crippen LogP contribution is -2.10. The summed E-state index contributed by atoms with van der Waals surface area (Å²) in [5.74, 6) is 0.370. The first-order valence-corrected chi connectivity index (χ1v) is 11.7. The summed E-state index contributed by atoms with van der Waals surface area (Å²) in [6, 6.07) is 11.5. The Morgan fingerprint density at radius 2 is 2.09 bits per heavy atom. The van der Waals surface area contributed by atoms with Crippen LogP contribution in [-0.2, 0) is 18.3 Å². The van der Waals surface area contributed by atoms with E-state index >= 15 is 0 Å². The van der Waals surface area contributed by atoms with Crippen molar-refractivity contribution in [3.63, 3.8) is 0 Å². The summed E-state index contributed by atoms with van der Waals surface area (Å²) in [7, 11) is 1.83. The van der Waals surface area contributed by atoms with Crippen molar-refractivity contribution in [1.29, 1.82) is 5.26 Å². The van der Waals surface area contributed by atoms with Gasteiger partial charge in [-0.1, -0.05) is 18.2 Å². The van der Waals surface area contributed by atoms with Crippen LogP contribution < -0.4 is 15.4 Å². The molecule has 0 unspecified atom stereocenters. The van der Waals surface area contributed by atoms with Crippen LogP contribution in [0.5, 0.6) is 5.75 Å². The number of carbonyl (C=O) groups is 1. The molecular weight excluding hydrogens is 466 g/mol. The number of allylic oxidation sites excluding steroid dienone is 1. The topological polar surface area (TPSA) is 118 Å². The van der Waals surface area contributed by atoms with Gasteiger partial charge in [-0.25, -0.2) is 4.68 Å². The van der Waals surface area contributed by atoms with Crippen LogP contribution in [0.2, 0.25) is 0 Å². The molecule has 10 heteroatoms. The van der Waals surface area contributed by atoms with Crippen LogP contribution in [0.1, 0.15) is 25.1 Å². The van der Waals surface area contributed by atoms with E-state index in [0.29, 0.717) is 52.3 Å². The zero-order valence-corrected chi connectivity index (χ0v) is 20.3. The van der Waals surface area contributed by atoms with E-state index in [1.165, 1.54) is 6.08 Å². The number of nitriles is 1. The van der Waals surface area contributed by atoms with Crippen LogP contribution in [0.25, 0.3) is 21.9 Å². The second-order valence-electron chi connectivity index (χ2n) is 7.66. The number of carbonyl (C=O) groups excluding carboxylic acids is 1. The molecule has 0 atom stereocenters. The fourth-order valence-corrected chi connectivity index (χ4v) is 3.90. The molecule has 4 aromatic rings. The number of alkyl halides is 1. The fraction of sp³-hybridized carbons (Fsp3) is 0.240. The van der Waals surface area contributed by atoms with Crippen LogP contribution in [0.15, 0.2) is 42.5 Å². The van der Waals surface area contributed by atoms with E-state index in [4.69, 9.17) is 21.3 Å². The van der Waals surface area contributed by atoms with Crippen molar-refractivity contribution in [3.05, 3.63) is 53.7 Å². The van der Waals surface area contributed by atoms with Gasteiger partial charge in [0.05, 0.1) is 40.3 Å². The van der Waals surface area contributed by atoms with Gasteiger partial charge in [0.1, 0.15) is 17.3 Å². The molecule has 9 nitrogen and oxygen atoms in total. The summed E-state index contributed by atoms with van der Waals surface area (Å²) in [4.78, 5) is 17.1. The fourth-order valence-electron chi connectivity index (χ4n) is 3.81. The molecule has 0 saturated carbocycles. The average Bonchev–Trinajstić information content (AvgIpc) is 3.23. The van der Waals surface area contributed by atoms with Gasteiger partial charge in [-0.05, 0) is 37.6 Å². The number of aryl methyl sites for hydroxylation is 2. The number of nitrogens with one attached hydrogen (secondary N) is 2. The molecule has 2 aromatic carbocycles. The first kappa shape index (κ1) is 24.0. The van der Waals surface area contributed by atoms with Crippen molar-refractivity contribution in [1.82, 2.24) is 20.0 Å². The van der Waals surface area contributed by atoms with Gasteiger partial charge < -0.3 is 15.4 Å². The van der Waals surface area contributed by atoms with E-state index in [0.717, 1.165) is 16.7 Å². The van der Waals surface area contributed by atoms with Gasteiger partial charge in [-0.15, -0.1) is 16.7 Å². The molecule has 2 heterocycles. The Hall–Kier alpha value is -4.16. The van der Waals surface area contributed by atoms with Crippen LogP contribution in [-0.4, -0.2) is 38.4 Å². The predicted octanol–water partition coefficient (Wildman–Crippen LogP) is 4.83. The van der Waals surface area contributed by atoms with Crippen LogP contribution >= 0.6 is 11.6 Å². The highest BCUT2D eigenvalue weighted by molar-refractivity contribution is 6.19. The van der Waals surface area contributed by atoms with E-state index in [2.05, 4.69) is 27.0 Å². The first-order valence-electron chi connectivity index (χ1n) is 11.1. The second-order valence-corrected chi connectivity index (χ2v) is 7.97. The standard InChI is InChI=1S/C25H24ClN7O2/c1-4-18-17(14-27)25(28-15-8-9-22-20(11-15)31-32-33(22)3)16-12-21(30-24(34)7-6-10-26)23(35-5-2)13-19(16)29-18/h6-9,11-13H,4-5,10H2,1-3H3,(H,28,29)(H,30,34)/b7-6+. The largest absolute Gasteiger partial charge is 0.492 e. The highest BCUT2D eigenvalue weighted by atomic mass is 35.5. The van der Waals surface area contributed by atoms with E-state index in [1.807, 2.05) is 39.1 Å². The molecule has 0 saturated heterocycles. The lowest BCUT2D eigenvalue weighted by molar-refractivity contribution is -0.111. The molecule has 0 aliphatic carbocycles. The molecule has 0 radical (unpaired) electrons. The Morgan fingerprint density at radius 1 is 1.26 bits per heavy atom. The van der Waals surface area contributed by atoms with Crippen molar-refractivity contribution >= 4 is 56.5 Å². The van der Waals surface area contributed by atoms with Gasteiger partial charge in [0.15, 0.2) is 0 Å². The lowest BCUT2D eigenvalue weighted by atomic mass is 10.0. The summed E-state index contributed by atoms with van der Waals surface area (Å²) in [6.07, 6.45) is 3.49. The summed E-state index contributed by atoms with van der Waals surface area (Å²) in [6.45, 7) is 4.22. The van der Waals surface area contributed by atoms with Crippen LogP contribution in [0.3, 0.4) is 0 Å². The molecule has 0 aliphatic rings. The van der Waals surface area contributed by atoms with Gasteiger partial charge in [-0.2, -0.15) is 5.26 Å². The molecule has 0 fully saturated rings. The molecule has 2 aromatic heterocycles. The Labute approximate surface area is 207 Å².